The smallest absolute Gasteiger partial charge is 0.229 e. The highest BCUT2D eigenvalue weighted by molar-refractivity contribution is 7.90. The second-order valence-electron chi connectivity index (χ2n) is 7.02. The van der Waals surface area contributed by atoms with E-state index in [0.717, 1.165) is 19.6 Å². The molecule has 2 aliphatic heterocycles. The van der Waals surface area contributed by atoms with Crippen LogP contribution in [0.2, 0.25) is 0 Å². The van der Waals surface area contributed by atoms with Gasteiger partial charge in [0.25, 0.3) is 0 Å². The molecule has 0 aliphatic carbocycles. The standard InChI is InChI=1S/C17H25N3O3S/c1-24(22,23)8-7-19-16(21)17-12-18-9-15(17)11-20(13-17)10-14-5-3-2-4-6-14/h2-6,15,18H,7-13H2,1H3,(H,19,21)/t15-,17-/m1/s1. The van der Waals surface area contributed by atoms with Gasteiger partial charge in [0.05, 0.1) is 11.2 Å². The van der Waals surface area contributed by atoms with Gasteiger partial charge in [-0.1, -0.05) is 30.3 Å². The van der Waals surface area contributed by atoms with Crippen molar-refractivity contribution in [3.05, 3.63) is 35.9 Å². The number of amides is 1. The number of carbonyl (C=O) groups excluding carboxylic acids is 1. The molecule has 2 N–H and O–H groups in total. The number of hydrogen-bond donors (Lipinski definition) is 2. The maximum atomic E-state index is 12.8. The molecule has 132 valence electrons. The van der Waals surface area contributed by atoms with Crippen molar-refractivity contribution >= 4 is 15.7 Å². The lowest BCUT2D eigenvalue weighted by atomic mass is 9.80. The van der Waals surface area contributed by atoms with Crippen molar-refractivity contribution in [3.63, 3.8) is 0 Å². The number of rotatable bonds is 6. The number of hydrogen-bond acceptors (Lipinski definition) is 5. The number of nitrogens with one attached hydrogen (secondary N) is 2. The predicted octanol–water partition coefficient (Wildman–Crippen LogP) is -0.131. The maximum Gasteiger partial charge on any atom is 0.229 e. The first-order valence-corrected chi connectivity index (χ1v) is 10.4. The summed E-state index contributed by atoms with van der Waals surface area (Å²) in [5, 5.41) is 6.17. The molecule has 0 saturated carbocycles. The van der Waals surface area contributed by atoms with E-state index in [2.05, 4.69) is 27.7 Å². The summed E-state index contributed by atoms with van der Waals surface area (Å²) >= 11 is 0. The SMILES string of the molecule is CS(=O)(=O)CCNC(=O)[C@@]12CNC[C@@H]1CN(Cc1ccccc1)C2. The Bertz CT molecular complexity index is 692. The van der Waals surface area contributed by atoms with Crippen molar-refractivity contribution in [2.24, 2.45) is 11.3 Å². The van der Waals surface area contributed by atoms with E-state index in [9.17, 15) is 13.2 Å². The minimum atomic E-state index is -3.06. The quantitative estimate of drug-likeness (QED) is 0.746. The van der Waals surface area contributed by atoms with Crippen LogP contribution >= 0.6 is 0 Å². The molecule has 2 saturated heterocycles. The third-order valence-corrected chi connectivity index (χ3v) is 6.00. The van der Waals surface area contributed by atoms with E-state index in [1.54, 1.807) is 0 Å². The summed E-state index contributed by atoms with van der Waals surface area (Å²) in [5.41, 5.74) is 0.810. The fourth-order valence-corrected chi connectivity index (χ4v) is 4.31. The van der Waals surface area contributed by atoms with E-state index in [1.165, 1.54) is 11.8 Å². The van der Waals surface area contributed by atoms with Crippen molar-refractivity contribution in [1.29, 1.82) is 0 Å². The highest BCUT2D eigenvalue weighted by Gasteiger charge is 2.54. The molecule has 1 aromatic rings. The third kappa shape index (κ3) is 3.79. The van der Waals surface area contributed by atoms with Crippen LogP contribution in [0.5, 0.6) is 0 Å². The van der Waals surface area contributed by atoms with Crippen LogP contribution in [-0.4, -0.2) is 64.0 Å². The minimum Gasteiger partial charge on any atom is -0.355 e. The molecule has 0 spiro atoms. The van der Waals surface area contributed by atoms with Crippen molar-refractivity contribution in [2.45, 2.75) is 6.54 Å². The van der Waals surface area contributed by atoms with E-state index in [-0.39, 0.29) is 24.1 Å². The molecule has 0 aromatic heterocycles. The van der Waals surface area contributed by atoms with Gasteiger partial charge in [-0.15, -0.1) is 0 Å². The highest BCUT2D eigenvalue weighted by Crippen LogP contribution is 2.39. The molecule has 2 aliphatic rings. The monoisotopic (exact) mass is 351 g/mol. The number of fused-ring (bicyclic) bond motifs is 1. The molecule has 0 bridgehead atoms. The minimum absolute atomic E-state index is 0.0132. The van der Waals surface area contributed by atoms with Crippen LogP contribution < -0.4 is 10.6 Å². The summed E-state index contributed by atoms with van der Waals surface area (Å²) in [6.07, 6.45) is 1.19. The number of sulfone groups is 1. The lowest BCUT2D eigenvalue weighted by molar-refractivity contribution is -0.130. The number of carbonyl (C=O) groups is 1. The average molecular weight is 351 g/mol. The summed E-state index contributed by atoms with van der Waals surface area (Å²) in [6, 6.07) is 10.3. The molecule has 24 heavy (non-hydrogen) atoms. The van der Waals surface area contributed by atoms with Crippen LogP contribution in [0.25, 0.3) is 0 Å². The van der Waals surface area contributed by atoms with Crippen molar-refractivity contribution in [1.82, 2.24) is 15.5 Å². The largest absolute Gasteiger partial charge is 0.355 e. The Morgan fingerprint density at radius 1 is 1.38 bits per heavy atom. The van der Waals surface area contributed by atoms with Crippen LogP contribution in [0.1, 0.15) is 5.56 Å². The number of nitrogens with zero attached hydrogens (tertiary/aromatic N) is 1. The molecule has 7 heteroatoms. The zero-order valence-corrected chi connectivity index (χ0v) is 14.8. The first-order valence-electron chi connectivity index (χ1n) is 8.32. The van der Waals surface area contributed by atoms with Crippen molar-refractivity contribution < 1.29 is 13.2 Å². The molecule has 1 aromatic carbocycles. The summed E-state index contributed by atoms with van der Waals surface area (Å²) in [5.74, 6) is 0.247. The van der Waals surface area contributed by atoms with Gasteiger partial charge in [0.1, 0.15) is 9.84 Å². The zero-order valence-electron chi connectivity index (χ0n) is 14.0. The van der Waals surface area contributed by atoms with Crippen LogP contribution in [0.3, 0.4) is 0 Å². The fraction of sp³-hybridized carbons (Fsp3) is 0.588. The topological polar surface area (TPSA) is 78.5 Å². The van der Waals surface area contributed by atoms with Gasteiger partial charge in [0.2, 0.25) is 5.91 Å². The first kappa shape index (κ1) is 17.4. The lowest BCUT2D eigenvalue weighted by Gasteiger charge is -2.27. The van der Waals surface area contributed by atoms with E-state index in [4.69, 9.17) is 0 Å². The second kappa shape index (κ2) is 6.82. The van der Waals surface area contributed by atoms with Gasteiger partial charge in [0.15, 0.2) is 0 Å². The molecular weight excluding hydrogens is 326 g/mol. The predicted molar refractivity (Wildman–Crippen MR) is 93.2 cm³/mol. The zero-order chi connectivity index (χ0) is 17.2. The van der Waals surface area contributed by atoms with Crippen LogP contribution in [-0.2, 0) is 21.2 Å². The molecular formula is C17H25N3O3S. The Hall–Kier alpha value is -1.44. The Labute approximate surface area is 143 Å². The lowest BCUT2D eigenvalue weighted by Crippen LogP contribution is -2.48. The summed E-state index contributed by atoms with van der Waals surface area (Å²) in [6.45, 7) is 4.13. The third-order valence-electron chi connectivity index (χ3n) is 5.06. The Balaban J connectivity index is 1.63. The van der Waals surface area contributed by atoms with Crippen LogP contribution in [0.4, 0.5) is 0 Å². The normalized spacial score (nSPS) is 27.1. The van der Waals surface area contributed by atoms with E-state index in [1.807, 2.05) is 18.2 Å². The Kier molecular flexibility index (Phi) is 4.94. The Morgan fingerprint density at radius 2 is 2.12 bits per heavy atom. The van der Waals surface area contributed by atoms with Gasteiger partial charge < -0.3 is 10.6 Å². The van der Waals surface area contributed by atoms with Crippen LogP contribution in [0, 0.1) is 11.3 Å². The van der Waals surface area contributed by atoms with Crippen LogP contribution in [0.15, 0.2) is 30.3 Å². The molecule has 3 rings (SSSR count). The molecule has 1 amide bonds. The van der Waals surface area contributed by atoms with Crippen molar-refractivity contribution in [3.8, 4) is 0 Å². The van der Waals surface area contributed by atoms with E-state index < -0.39 is 15.3 Å². The van der Waals surface area contributed by atoms with Gasteiger partial charge in [0, 0.05) is 51.4 Å². The fourth-order valence-electron chi connectivity index (χ4n) is 3.83. The number of likely N-dealkylation sites (tertiary alicyclic amines) is 1. The average Bonchev–Trinajstić information content (AvgIpc) is 3.04. The van der Waals surface area contributed by atoms with Gasteiger partial charge in [-0.3, -0.25) is 9.69 Å². The maximum absolute atomic E-state index is 12.8. The van der Waals surface area contributed by atoms with Gasteiger partial charge in [-0.25, -0.2) is 8.42 Å². The Morgan fingerprint density at radius 3 is 2.83 bits per heavy atom. The molecule has 2 heterocycles. The van der Waals surface area contributed by atoms with Crippen molar-refractivity contribution in [2.75, 3.05) is 44.7 Å². The molecule has 6 nitrogen and oxygen atoms in total. The molecule has 0 radical (unpaired) electrons. The summed E-state index contributed by atoms with van der Waals surface area (Å²) in [7, 11) is -3.06. The molecule has 2 fully saturated rings. The summed E-state index contributed by atoms with van der Waals surface area (Å²) in [4.78, 5) is 15.1. The van der Waals surface area contributed by atoms with Gasteiger partial charge in [-0.2, -0.15) is 0 Å². The molecule has 0 unspecified atom stereocenters. The first-order chi connectivity index (χ1) is 11.4. The van der Waals surface area contributed by atoms with Gasteiger partial charge >= 0.3 is 0 Å². The van der Waals surface area contributed by atoms with E-state index in [0.29, 0.717) is 13.1 Å². The summed E-state index contributed by atoms with van der Waals surface area (Å²) < 4.78 is 22.5. The highest BCUT2D eigenvalue weighted by atomic mass is 32.2. The van der Waals surface area contributed by atoms with E-state index >= 15 is 0 Å². The molecule has 2 atom stereocenters. The number of benzene rings is 1. The second-order valence-corrected chi connectivity index (χ2v) is 9.28. The van der Waals surface area contributed by atoms with Gasteiger partial charge in [-0.05, 0) is 5.56 Å².